The van der Waals surface area contributed by atoms with Crippen LogP contribution in [0, 0.1) is 0 Å². The first-order valence-corrected chi connectivity index (χ1v) is 10.2. The van der Waals surface area contributed by atoms with Crippen molar-refractivity contribution >= 4 is 47.0 Å². The van der Waals surface area contributed by atoms with Gasteiger partial charge < -0.3 is 0 Å². The second-order valence-corrected chi connectivity index (χ2v) is 6.76. The van der Waals surface area contributed by atoms with Gasteiger partial charge in [-0.05, 0) is 23.3 Å². The minimum absolute atomic E-state index is 0.573. The molecule has 6 heteroatoms. The number of allylic oxidation sites excluding steroid dienone is 2. The Labute approximate surface area is 186 Å². The molecule has 0 spiro atoms. The molecule has 6 nitrogen and oxygen atoms in total. The topological polar surface area (TPSA) is 74.6 Å². The molecule has 0 bridgehead atoms. The highest BCUT2D eigenvalue weighted by Crippen LogP contribution is 2.25. The fourth-order valence-electron chi connectivity index (χ4n) is 2.99. The molecular weight excluding hydrogens is 396 g/mol. The number of anilines is 2. The largest absolute Gasteiger partial charge is 0.259 e. The van der Waals surface area contributed by atoms with E-state index in [1.54, 1.807) is 12.4 Å². The Morgan fingerprint density at radius 3 is 1.38 bits per heavy atom. The monoisotopic (exact) mass is 418 g/mol. The maximum atomic E-state index is 4.26. The van der Waals surface area contributed by atoms with E-state index in [2.05, 4.69) is 31.3 Å². The standard InChI is InChI=1S/C26H22N6/c1-3-11-21(12-4-1)15-9-19-27-29-25-23-17-7-8-18-24(23)26(32-31-25)30-28-20-10-16-22-13-5-2-6-14-22/h1-20H,(H,29,31)(H,30,32)/b15-9-,16-10-,27-19+,28-20+. The number of aromatic nitrogens is 2. The number of hydrazone groups is 2. The minimum atomic E-state index is 0.573. The van der Waals surface area contributed by atoms with Crippen LogP contribution in [0.4, 0.5) is 11.6 Å². The van der Waals surface area contributed by atoms with Crippen molar-refractivity contribution in [3.8, 4) is 0 Å². The van der Waals surface area contributed by atoms with Gasteiger partial charge in [0.25, 0.3) is 0 Å². The van der Waals surface area contributed by atoms with Crippen molar-refractivity contribution in [2.24, 2.45) is 10.2 Å². The zero-order valence-electron chi connectivity index (χ0n) is 17.3. The van der Waals surface area contributed by atoms with Gasteiger partial charge in [-0.3, -0.25) is 10.9 Å². The van der Waals surface area contributed by atoms with Gasteiger partial charge in [-0.25, -0.2) is 0 Å². The molecule has 1 aromatic heterocycles. The van der Waals surface area contributed by atoms with E-state index in [0.29, 0.717) is 11.6 Å². The number of rotatable bonds is 8. The van der Waals surface area contributed by atoms with Crippen molar-refractivity contribution in [2.75, 3.05) is 10.9 Å². The molecule has 0 radical (unpaired) electrons. The summed E-state index contributed by atoms with van der Waals surface area (Å²) < 4.78 is 0. The van der Waals surface area contributed by atoms with E-state index in [0.717, 1.165) is 21.9 Å². The van der Waals surface area contributed by atoms with Crippen LogP contribution in [0.1, 0.15) is 11.1 Å². The van der Waals surface area contributed by atoms with Gasteiger partial charge in [-0.2, -0.15) is 10.2 Å². The highest BCUT2D eigenvalue weighted by atomic mass is 15.4. The zero-order valence-corrected chi connectivity index (χ0v) is 17.3. The summed E-state index contributed by atoms with van der Waals surface area (Å²) in [7, 11) is 0. The summed E-state index contributed by atoms with van der Waals surface area (Å²) in [5.74, 6) is 1.15. The average Bonchev–Trinajstić information content (AvgIpc) is 2.86. The fraction of sp³-hybridized carbons (Fsp3) is 0. The Morgan fingerprint density at radius 1 is 0.531 bits per heavy atom. The van der Waals surface area contributed by atoms with Crippen LogP contribution in [0.15, 0.2) is 107 Å². The molecule has 0 unspecified atom stereocenters. The maximum Gasteiger partial charge on any atom is 0.176 e. The molecule has 4 aromatic rings. The van der Waals surface area contributed by atoms with Gasteiger partial charge in [0.05, 0.1) is 0 Å². The van der Waals surface area contributed by atoms with Crippen LogP contribution in [-0.4, -0.2) is 22.6 Å². The first kappa shape index (κ1) is 20.7. The zero-order chi connectivity index (χ0) is 21.8. The third-order valence-corrected chi connectivity index (χ3v) is 4.53. The minimum Gasteiger partial charge on any atom is -0.259 e. The van der Waals surface area contributed by atoms with Crippen LogP contribution >= 0.6 is 0 Å². The molecule has 0 aliphatic rings. The van der Waals surface area contributed by atoms with E-state index in [4.69, 9.17) is 0 Å². The van der Waals surface area contributed by atoms with Crippen molar-refractivity contribution in [1.82, 2.24) is 10.2 Å². The summed E-state index contributed by atoms with van der Waals surface area (Å²) in [4.78, 5) is 0. The lowest BCUT2D eigenvalue weighted by atomic mass is 10.2. The summed E-state index contributed by atoms with van der Waals surface area (Å²) in [6.45, 7) is 0. The van der Waals surface area contributed by atoms with Gasteiger partial charge >= 0.3 is 0 Å². The Hall–Kier alpha value is -4.58. The number of fused-ring (bicyclic) bond motifs is 1. The first-order valence-electron chi connectivity index (χ1n) is 10.2. The van der Waals surface area contributed by atoms with Crippen molar-refractivity contribution in [1.29, 1.82) is 0 Å². The van der Waals surface area contributed by atoms with E-state index in [9.17, 15) is 0 Å². The average molecular weight is 419 g/mol. The Bertz CT molecular complexity index is 1160. The molecule has 0 saturated carbocycles. The molecule has 0 saturated heterocycles. The highest BCUT2D eigenvalue weighted by Gasteiger charge is 2.07. The SMILES string of the molecule is C(=C/c1ccccc1)/C=N/Nc1nnc(N/N=C/C=C\c2ccccc2)c2ccccc12. The van der Waals surface area contributed by atoms with Crippen LogP contribution in [-0.2, 0) is 0 Å². The molecule has 2 N–H and O–H groups in total. The van der Waals surface area contributed by atoms with Gasteiger partial charge in [0.1, 0.15) is 0 Å². The van der Waals surface area contributed by atoms with Crippen LogP contribution < -0.4 is 10.9 Å². The van der Waals surface area contributed by atoms with Crippen molar-refractivity contribution in [3.63, 3.8) is 0 Å². The summed E-state index contributed by atoms with van der Waals surface area (Å²) in [5.41, 5.74) is 8.15. The Kier molecular flexibility index (Phi) is 7.10. The van der Waals surface area contributed by atoms with E-state index in [-0.39, 0.29) is 0 Å². The van der Waals surface area contributed by atoms with Gasteiger partial charge in [0.2, 0.25) is 0 Å². The van der Waals surface area contributed by atoms with E-state index >= 15 is 0 Å². The molecule has 0 atom stereocenters. The molecule has 3 aromatic carbocycles. The Balaban J connectivity index is 1.42. The fourth-order valence-corrected chi connectivity index (χ4v) is 2.99. The van der Waals surface area contributed by atoms with Crippen molar-refractivity contribution < 1.29 is 0 Å². The highest BCUT2D eigenvalue weighted by molar-refractivity contribution is 5.98. The molecule has 32 heavy (non-hydrogen) atoms. The lowest BCUT2D eigenvalue weighted by Crippen LogP contribution is -2.01. The summed E-state index contributed by atoms with van der Waals surface area (Å²) >= 11 is 0. The smallest absolute Gasteiger partial charge is 0.176 e. The second-order valence-electron chi connectivity index (χ2n) is 6.76. The molecule has 1 heterocycles. The summed E-state index contributed by atoms with van der Waals surface area (Å²) in [6.07, 6.45) is 11.0. The quantitative estimate of drug-likeness (QED) is 0.278. The van der Waals surface area contributed by atoms with E-state index in [1.807, 2.05) is 109 Å². The predicted octanol–water partition coefficient (Wildman–Crippen LogP) is 5.85. The van der Waals surface area contributed by atoms with Crippen molar-refractivity contribution in [2.45, 2.75) is 0 Å². The summed E-state index contributed by atoms with van der Waals surface area (Å²) in [6, 6.07) is 27.9. The van der Waals surface area contributed by atoms with Gasteiger partial charge in [0, 0.05) is 23.2 Å². The second kappa shape index (κ2) is 11.0. The molecule has 0 aliphatic heterocycles. The summed E-state index contributed by atoms with van der Waals surface area (Å²) in [5, 5.41) is 18.8. The van der Waals surface area contributed by atoms with Crippen LogP contribution in [0.2, 0.25) is 0 Å². The Morgan fingerprint density at radius 2 is 0.938 bits per heavy atom. The molecule has 0 amide bonds. The first-order chi connectivity index (χ1) is 15.9. The van der Waals surface area contributed by atoms with Gasteiger partial charge in [-0.15, -0.1) is 10.2 Å². The lowest BCUT2D eigenvalue weighted by Gasteiger charge is -2.07. The number of nitrogens with zero attached hydrogens (tertiary/aromatic N) is 4. The van der Waals surface area contributed by atoms with Gasteiger partial charge in [-0.1, -0.05) is 97.1 Å². The molecule has 0 fully saturated rings. The lowest BCUT2D eigenvalue weighted by molar-refractivity contribution is 1.03. The van der Waals surface area contributed by atoms with E-state index < -0.39 is 0 Å². The third-order valence-electron chi connectivity index (χ3n) is 4.53. The normalized spacial score (nSPS) is 11.9. The molecule has 0 aliphatic carbocycles. The number of benzene rings is 3. The number of hydrogen-bond acceptors (Lipinski definition) is 6. The van der Waals surface area contributed by atoms with Crippen LogP contribution in [0.3, 0.4) is 0 Å². The molecule has 4 rings (SSSR count). The van der Waals surface area contributed by atoms with Crippen LogP contribution in [0.25, 0.3) is 22.9 Å². The van der Waals surface area contributed by atoms with E-state index in [1.165, 1.54) is 0 Å². The third kappa shape index (κ3) is 5.73. The molecular formula is C26H22N6. The maximum absolute atomic E-state index is 4.26. The number of nitrogens with one attached hydrogen (secondary N) is 2. The van der Waals surface area contributed by atoms with Crippen LogP contribution in [0.5, 0.6) is 0 Å². The van der Waals surface area contributed by atoms with Gasteiger partial charge in [0.15, 0.2) is 11.6 Å². The van der Waals surface area contributed by atoms with Crippen molar-refractivity contribution in [3.05, 3.63) is 108 Å². The number of hydrogen-bond donors (Lipinski definition) is 2. The predicted molar refractivity (Wildman–Crippen MR) is 135 cm³/mol. The molecule has 156 valence electrons.